The molecule has 5 heteroatoms. The summed E-state index contributed by atoms with van der Waals surface area (Å²) in [4.78, 5) is 2.48. The van der Waals surface area contributed by atoms with Gasteiger partial charge in [-0.05, 0) is 26.1 Å². The van der Waals surface area contributed by atoms with Gasteiger partial charge in [-0.1, -0.05) is 29.9 Å². The molecular weight excluding hydrogens is 259 g/mol. The second-order valence-corrected chi connectivity index (χ2v) is 5.13. The zero-order valence-electron chi connectivity index (χ0n) is 9.91. The average Bonchev–Trinajstić information content (AvgIpc) is 2.21. The molecule has 17 heavy (non-hydrogen) atoms. The second-order valence-electron chi connectivity index (χ2n) is 4.17. The van der Waals surface area contributed by atoms with Crippen LogP contribution in [-0.4, -0.2) is 23.0 Å². The summed E-state index contributed by atoms with van der Waals surface area (Å²) in [5.74, 6) is -0.285. The van der Waals surface area contributed by atoms with Gasteiger partial charge in [0.2, 0.25) is 0 Å². The zero-order valence-corrected chi connectivity index (χ0v) is 11.5. The topological polar surface area (TPSA) is 29.3 Å². The number of hydrogen-bond donors (Lipinski definition) is 1. The van der Waals surface area contributed by atoms with Crippen molar-refractivity contribution >= 4 is 28.8 Å². The number of halogens is 2. The minimum atomic E-state index is -0.285. The monoisotopic (exact) mass is 274 g/mol. The molecule has 1 rings (SSSR count). The van der Waals surface area contributed by atoms with Gasteiger partial charge in [-0.15, -0.1) is 0 Å². The van der Waals surface area contributed by atoms with E-state index in [-0.39, 0.29) is 11.9 Å². The molecule has 0 aliphatic heterocycles. The molecule has 0 aromatic heterocycles. The van der Waals surface area contributed by atoms with E-state index in [0.717, 1.165) is 0 Å². The maximum Gasteiger partial charge on any atom is 0.129 e. The van der Waals surface area contributed by atoms with Gasteiger partial charge >= 0.3 is 0 Å². The molecule has 94 valence electrons. The van der Waals surface area contributed by atoms with Crippen LogP contribution in [0.1, 0.15) is 18.9 Å². The molecule has 1 atom stereocenters. The number of rotatable bonds is 5. The highest BCUT2D eigenvalue weighted by Gasteiger charge is 2.12. The Morgan fingerprint density at radius 2 is 2.24 bits per heavy atom. The second kappa shape index (κ2) is 6.28. The average molecular weight is 275 g/mol. The Kier molecular flexibility index (Phi) is 5.31. The first-order valence-corrected chi connectivity index (χ1v) is 6.11. The minimum absolute atomic E-state index is 0.183. The maximum absolute atomic E-state index is 13.6. The van der Waals surface area contributed by atoms with E-state index in [1.165, 1.54) is 6.07 Å². The zero-order chi connectivity index (χ0) is 13.0. The van der Waals surface area contributed by atoms with Gasteiger partial charge in [-0.25, -0.2) is 4.39 Å². The molecule has 2 N–H and O–H groups in total. The van der Waals surface area contributed by atoms with Crippen LogP contribution < -0.4 is 5.73 Å². The van der Waals surface area contributed by atoms with Crippen molar-refractivity contribution in [3.63, 3.8) is 0 Å². The van der Waals surface area contributed by atoms with Crippen molar-refractivity contribution in [3.8, 4) is 0 Å². The van der Waals surface area contributed by atoms with Crippen molar-refractivity contribution in [2.45, 2.75) is 25.9 Å². The first kappa shape index (κ1) is 14.4. The smallest absolute Gasteiger partial charge is 0.129 e. The van der Waals surface area contributed by atoms with E-state index >= 15 is 0 Å². The number of thiocarbonyl (C=S) groups is 1. The fraction of sp³-hybridized carbons (Fsp3) is 0.417. The predicted molar refractivity (Wildman–Crippen MR) is 73.7 cm³/mol. The summed E-state index contributed by atoms with van der Waals surface area (Å²) in [5.41, 5.74) is 6.10. The van der Waals surface area contributed by atoms with Crippen molar-refractivity contribution in [1.82, 2.24) is 4.90 Å². The molecular formula is C12H16ClFN2S. The van der Waals surface area contributed by atoms with Crippen LogP contribution in [0.15, 0.2) is 18.2 Å². The lowest BCUT2D eigenvalue weighted by atomic mass is 10.1. The lowest BCUT2D eigenvalue weighted by Gasteiger charge is -2.24. The van der Waals surface area contributed by atoms with E-state index in [1.807, 2.05) is 18.9 Å². The Balaban J connectivity index is 2.67. The largest absolute Gasteiger partial charge is 0.393 e. The van der Waals surface area contributed by atoms with Crippen molar-refractivity contribution in [2.75, 3.05) is 7.05 Å². The first-order chi connectivity index (χ1) is 7.90. The van der Waals surface area contributed by atoms with E-state index in [9.17, 15) is 4.39 Å². The third-order valence-corrected chi connectivity index (χ3v) is 3.09. The van der Waals surface area contributed by atoms with Crippen LogP contribution >= 0.6 is 23.8 Å². The molecule has 2 nitrogen and oxygen atoms in total. The van der Waals surface area contributed by atoms with Crippen molar-refractivity contribution in [2.24, 2.45) is 5.73 Å². The lowest BCUT2D eigenvalue weighted by Crippen LogP contribution is -2.32. The summed E-state index contributed by atoms with van der Waals surface area (Å²) < 4.78 is 13.6. The van der Waals surface area contributed by atoms with Crippen molar-refractivity contribution < 1.29 is 4.39 Å². The van der Waals surface area contributed by atoms with E-state index in [4.69, 9.17) is 29.6 Å². The van der Waals surface area contributed by atoms with E-state index in [2.05, 4.69) is 0 Å². The minimum Gasteiger partial charge on any atom is -0.393 e. The summed E-state index contributed by atoms with van der Waals surface area (Å²) in [6.45, 7) is 2.51. The lowest BCUT2D eigenvalue weighted by molar-refractivity contribution is 0.252. The molecule has 0 radical (unpaired) electrons. The molecule has 0 amide bonds. The predicted octanol–water partition coefficient (Wildman–Crippen LogP) is 2.98. The first-order valence-electron chi connectivity index (χ1n) is 5.32. The Morgan fingerprint density at radius 3 is 2.76 bits per heavy atom. The summed E-state index contributed by atoms with van der Waals surface area (Å²) >= 11 is 10.6. The normalized spacial score (nSPS) is 12.8. The van der Waals surface area contributed by atoms with Gasteiger partial charge in [0.1, 0.15) is 5.82 Å². The van der Waals surface area contributed by atoms with E-state index in [1.54, 1.807) is 12.1 Å². The van der Waals surface area contributed by atoms with Crippen LogP contribution in [0.5, 0.6) is 0 Å². The summed E-state index contributed by atoms with van der Waals surface area (Å²) in [6, 6.07) is 4.89. The van der Waals surface area contributed by atoms with Crippen LogP contribution in [-0.2, 0) is 6.54 Å². The molecule has 0 bridgehead atoms. The van der Waals surface area contributed by atoms with Crippen molar-refractivity contribution in [1.29, 1.82) is 0 Å². The Labute approximate surface area is 112 Å². The quantitative estimate of drug-likeness (QED) is 0.837. The molecule has 0 heterocycles. The fourth-order valence-electron chi connectivity index (χ4n) is 1.52. The Bertz CT molecular complexity index is 411. The van der Waals surface area contributed by atoms with Crippen LogP contribution in [0.4, 0.5) is 4.39 Å². The third-order valence-electron chi connectivity index (χ3n) is 2.68. The highest BCUT2D eigenvalue weighted by atomic mass is 35.5. The SMILES string of the molecule is CC(CC(N)=S)N(C)Cc1ccc(Cl)cc1F. The molecule has 0 saturated heterocycles. The summed E-state index contributed by atoms with van der Waals surface area (Å²) in [5, 5.41) is 0.407. The van der Waals surface area contributed by atoms with E-state index < -0.39 is 0 Å². The third kappa shape index (κ3) is 4.58. The van der Waals surface area contributed by atoms with Crippen LogP contribution in [0.3, 0.4) is 0 Å². The van der Waals surface area contributed by atoms with Crippen molar-refractivity contribution in [3.05, 3.63) is 34.6 Å². The molecule has 0 aliphatic carbocycles. The van der Waals surface area contributed by atoms with Gasteiger partial charge in [0, 0.05) is 29.6 Å². The highest BCUT2D eigenvalue weighted by molar-refractivity contribution is 7.80. The maximum atomic E-state index is 13.6. The van der Waals surface area contributed by atoms with Crippen LogP contribution in [0, 0.1) is 5.82 Å². The van der Waals surface area contributed by atoms with E-state index in [0.29, 0.717) is 28.5 Å². The van der Waals surface area contributed by atoms with Crippen LogP contribution in [0.25, 0.3) is 0 Å². The summed E-state index contributed by atoms with van der Waals surface area (Å²) in [7, 11) is 1.91. The molecule has 0 fully saturated rings. The Morgan fingerprint density at radius 1 is 1.59 bits per heavy atom. The standard InChI is InChI=1S/C12H16ClFN2S/c1-8(5-12(15)17)16(2)7-9-3-4-10(13)6-11(9)14/h3-4,6,8H,5,7H2,1-2H3,(H2,15,17). The van der Waals surface area contributed by atoms with Gasteiger partial charge < -0.3 is 5.73 Å². The molecule has 0 aliphatic rings. The van der Waals surface area contributed by atoms with Gasteiger partial charge in [-0.3, -0.25) is 4.90 Å². The van der Waals surface area contributed by atoms with Gasteiger partial charge in [-0.2, -0.15) is 0 Å². The van der Waals surface area contributed by atoms with Gasteiger partial charge in [0.25, 0.3) is 0 Å². The molecule has 1 aromatic rings. The molecule has 1 unspecified atom stereocenters. The molecule has 1 aromatic carbocycles. The number of hydrogen-bond acceptors (Lipinski definition) is 2. The molecule has 0 spiro atoms. The Hall–Kier alpha value is -0.710. The van der Waals surface area contributed by atoms with Gasteiger partial charge in [0.15, 0.2) is 0 Å². The van der Waals surface area contributed by atoms with Gasteiger partial charge in [0.05, 0.1) is 4.99 Å². The molecule has 0 saturated carbocycles. The number of benzene rings is 1. The highest BCUT2D eigenvalue weighted by Crippen LogP contribution is 2.17. The number of nitrogens with two attached hydrogens (primary N) is 1. The fourth-order valence-corrected chi connectivity index (χ4v) is 1.92. The summed E-state index contributed by atoms with van der Waals surface area (Å²) in [6.07, 6.45) is 0.626. The number of nitrogens with zero attached hydrogens (tertiary/aromatic N) is 1. The van der Waals surface area contributed by atoms with Crippen LogP contribution in [0.2, 0.25) is 5.02 Å².